The molecule has 82 valence electrons. The third-order valence-corrected chi connectivity index (χ3v) is 2.97. The van der Waals surface area contributed by atoms with E-state index >= 15 is 0 Å². The minimum Gasteiger partial charge on any atom is -0.348 e. The summed E-state index contributed by atoms with van der Waals surface area (Å²) in [7, 11) is 0. The van der Waals surface area contributed by atoms with E-state index in [2.05, 4.69) is 5.32 Å². The first-order chi connectivity index (χ1) is 7.29. The van der Waals surface area contributed by atoms with Crippen LogP contribution in [0.25, 0.3) is 0 Å². The van der Waals surface area contributed by atoms with Crippen molar-refractivity contribution in [3.8, 4) is 0 Å². The van der Waals surface area contributed by atoms with Crippen LogP contribution in [0.2, 0.25) is 0 Å². The highest BCUT2D eigenvalue weighted by Crippen LogP contribution is 2.16. The first kappa shape index (κ1) is 11.9. The monoisotopic (exact) mass is 224 g/mol. The molecule has 0 saturated carbocycles. The molecule has 1 rings (SSSR count). The van der Waals surface area contributed by atoms with Crippen LogP contribution in [0.3, 0.4) is 0 Å². The zero-order chi connectivity index (χ0) is 11.1. The fraction of sp³-hybridized carbons (Fsp3) is 0.364. The second-order valence-electron chi connectivity index (χ2n) is 3.05. The molecule has 0 atom stereocenters. The Morgan fingerprint density at radius 3 is 3.07 bits per heavy atom. The van der Waals surface area contributed by atoms with Gasteiger partial charge in [0, 0.05) is 13.1 Å². The molecule has 3 nitrogen and oxygen atoms in total. The molecule has 0 unspecified atom stereocenters. The molecule has 0 fully saturated rings. The minimum atomic E-state index is 0.00326. The van der Waals surface area contributed by atoms with Crippen molar-refractivity contribution >= 4 is 17.2 Å². The molecule has 0 saturated heterocycles. The van der Waals surface area contributed by atoms with Gasteiger partial charge in [0.15, 0.2) is 0 Å². The smallest absolute Gasteiger partial charge is 0.261 e. The lowest BCUT2D eigenvalue weighted by Gasteiger charge is -2.01. The topological polar surface area (TPSA) is 55.1 Å². The Morgan fingerprint density at radius 2 is 2.40 bits per heavy atom. The second-order valence-corrected chi connectivity index (χ2v) is 3.96. The summed E-state index contributed by atoms with van der Waals surface area (Å²) in [6, 6.07) is 2.00. The highest BCUT2D eigenvalue weighted by Gasteiger charge is 2.10. The molecule has 0 bridgehead atoms. The summed E-state index contributed by atoms with van der Waals surface area (Å²) in [5, 5.41) is 4.77. The number of rotatable bonds is 5. The normalized spacial score (nSPS) is 10.8. The number of thiophene rings is 1. The van der Waals surface area contributed by atoms with Gasteiger partial charge in [-0.3, -0.25) is 4.79 Å². The number of hydrogen-bond acceptors (Lipinski definition) is 3. The van der Waals surface area contributed by atoms with E-state index in [9.17, 15) is 4.79 Å². The van der Waals surface area contributed by atoms with Crippen molar-refractivity contribution in [2.75, 3.05) is 13.1 Å². The molecular weight excluding hydrogens is 208 g/mol. The zero-order valence-corrected chi connectivity index (χ0v) is 9.64. The average molecular weight is 224 g/mol. The summed E-state index contributed by atoms with van der Waals surface area (Å²) in [6.45, 7) is 3.10. The quantitative estimate of drug-likeness (QED) is 0.746. The molecule has 1 heterocycles. The molecule has 15 heavy (non-hydrogen) atoms. The third kappa shape index (κ3) is 3.49. The van der Waals surface area contributed by atoms with Gasteiger partial charge >= 0.3 is 0 Å². The Hall–Kier alpha value is -1.13. The Kier molecular flexibility index (Phi) is 5.07. The molecule has 1 aromatic heterocycles. The number of carbonyl (C=O) groups excluding carboxylic acids is 1. The Balaban J connectivity index is 2.50. The van der Waals surface area contributed by atoms with Gasteiger partial charge in [-0.05, 0) is 23.4 Å². The van der Waals surface area contributed by atoms with Crippen LogP contribution < -0.4 is 11.1 Å². The average Bonchev–Trinajstić information content (AvgIpc) is 2.72. The van der Waals surface area contributed by atoms with Crippen molar-refractivity contribution in [3.05, 3.63) is 34.0 Å². The lowest BCUT2D eigenvalue weighted by Crippen LogP contribution is -2.23. The van der Waals surface area contributed by atoms with Crippen LogP contribution in [-0.4, -0.2) is 19.0 Å². The van der Waals surface area contributed by atoms with E-state index in [0.717, 1.165) is 16.9 Å². The lowest BCUT2D eigenvalue weighted by molar-refractivity contribution is 0.0961. The van der Waals surface area contributed by atoms with E-state index in [0.29, 0.717) is 13.1 Å². The molecule has 1 amide bonds. The number of nitrogens with two attached hydrogens (primary N) is 1. The molecule has 0 aliphatic heterocycles. The SMILES string of the molecule is CCc1ccsc1C(=O)NC/C=C/CN. The van der Waals surface area contributed by atoms with Gasteiger partial charge in [0.1, 0.15) is 0 Å². The van der Waals surface area contributed by atoms with Crippen molar-refractivity contribution in [2.24, 2.45) is 5.73 Å². The van der Waals surface area contributed by atoms with Crippen molar-refractivity contribution in [2.45, 2.75) is 13.3 Å². The number of aryl methyl sites for hydroxylation is 1. The molecule has 0 aliphatic rings. The van der Waals surface area contributed by atoms with E-state index in [1.165, 1.54) is 11.3 Å². The second kappa shape index (κ2) is 6.37. The maximum atomic E-state index is 11.7. The van der Waals surface area contributed by atoms with Gasteiger partial charge in [-0.1, -0.05) is 19.1 Å². The van der Waals surface area contributed by atoms with E-state index < -0.39 is 0 Å². The Morgan fingerprint density at radius 1 is 1.60 bits per heavy atom. The minimum absolute atomic E-state index is 0.00326. The van der Waals surface area contributed by atoms with Crippen LogP contribution >= 0.6 is 11.3 Å². The van der Waals surface area contributed by atoms with Gasteiger partial charge in [0.2, 0.25) is 0 Å². The first-order valence-corrected chi connectivity index (χ1v) is 5.87. The standard InChI is InChI=1S/C11H16N2OS/c1-2-9-5-8-15-10(9)11(14)13-7-4-3-6-12/h3-5,8H,2,6-7,12H2,1H3,(H,13,14)/b4-3+. The van der Waals surface area contributed by atoms with Gasteiger partial charge < -0.3 is 11.1 Å². The van der Waals surface area contributed by atoms with Crippen molar-refractivity contribution in [1.82, 2.24) is 5.32 Å². The van der Waals surface area contributed by atoms with Gasteiger partial charge in [-0.25, -0.2) is 0 Å². The first-order valence-electron chi connectivity index (χ1n) is 4.99. The van der Waals surface area contributed by atoms with Crippen molar-refractivity contribution < 1.29 is 4.79 Å². The third-order valence-electron chi connectivity index (χ3n) is 2.02. The molecule has 4 heteroatoms. The molecular formula is C11H16N2OS. The number of amides is 1. The highest BCUT2D eigenvalue weighted by molar-refractivity contribution is 7.12. The Bertz CT molecular complexity index is 344. The van der Waals surface area contributed by atoms with E-state index in [4.69, 9.17) is 5.73 Å². The van der Waals surface area contributed by atoms with Crippen LogP contribution in [0.1, 0.15) is 22.2 Å². The van der Waals surface area contributed by atoms with Gasteiger partial charge in [-0.2, -0.15) is 0 Å². The van der Waals surface area contributed by atoms with Crippen LogP contribution in [0.15, 0.2) is 23.6 Å². The van der Waals surface area contributed by atoms with Gasteiger partial charge in [0.25, 0.3) is 5.91 Å². The van der Waals surface area contributed by atoms with Crippen LogP contribution in [0.4, 0.5) is 0 Å². The zero-order valence-electron chi connectivity index (χ0n) is 8.82. The number of hydrogen-bond donors (Lipinski definition) is 2. The summed E-state index contributed by atoms with van der Waals surface area (Å²) in [4.78, 5) is 12.5. The number of nitrogens with one attached hydrogen (secondary N) is 1. The predicted octanol–water partition coefficient (Wildman–Crippen LogP) is 1.56. The Labute approximate surface area is 94.0 Å². The predicted molar refractivity (Wildman–Crippen MR) is 64.2 cm³/mol. The van der Waals surface area contributed by atoms with Crippen LogP contribution in [0, 0.1) is 0 Å². The summed E-state index contributed by atoms with van der Waals surface area (Å²) in [5.74, 6) is 0.00326. The lowest BCUT2D eigenvalue weighted by atomic mass is 10.2. The summed E-state index contributed by atoms with van der Waals surface area (Å²) < 4.78 is 0. The summed E-state index contributed by atoms with van der Waals surface area (Å²) in [6.07, 6.45) is 4.58. The molecule has 0 aliphatic carbocycles. The van der Waals surface area contributed by atoms with Crippen LogP contribution in [0.5, 0.6) is 0 Å². The molecule has 3 N–H and O–H groups in total. The van der Waals surface area contributed by atoms with E-state index in [-0.39, 0.29) is 5.91 Å². The molecule has 1 aromatic rings. The van der Waals surface area contributed by atoms with Gasteiger partial charge in [0.05, 0.1) is 4.88 Å². The largest absolute Gasteiger partial charge is 0.348 e. The highest BCUT2D eigenvalue weighted by atomic mass is 32.1. The molecule has 0 aromatic carbocycles. The van der Waals surface area contributed by atoms with Crippen molar-refractivity contribution in [3.63, 3.8) is 0 Å². The van der Waals surface area contributed by atoms with Crippen LogP contribution in [-0.2, 0) is 6.42 Å². The fourth-order valence-electron chi connectivity index (χ4n) is 1.22. The maximum absolute atomic E-state index is 11.7. The molecule has 0 radical (unpaired) electrons. The summed E-state index contributed by atoms with van der Waals surface area (Å²) >= 11 is 1.49. The fourth-order valence-corrected chi connectivity index (χ4v) is 2.14. The maximum Gasteiger partial charge on any atom is 0.261 e. The van der Waals surface area contributed by atoms with Crippen molar-refractivity contribution in [1.29, 1.82) is 0 Å². The van der Waals surface area contributed by atoms with E-state index in [1.54, 1.807) is 0 Å². The number of carbonyl (C=O) groups is 1. The van der Waals surface area contributed by atoms with E-state index in [1.807, 2.05) is 30.5 Å². The molecule has 0 spiro atoms. The summed E-state index contributed by atoms with van der Waals surface area (Å²) in [5.41, 5.74) is 6.40. The van der Waals surface area contributed by atoms with Gasteiger partial charge in [-0.15, -0.1) is 11.3 Å².